The smallest absolute Gasteiger partial charge is 0.341 e. The highest BCUT2D eigenvalue weighted by molar-refractivity contribution is 8.19. The fourth-order valence-corrected chi connectivity index (χ4v) is 3.34. The lowest BCUT2D eigenvalue weighted by molar-refractivity contribution is -0.139. The van der Waals surface area contributed by atoms with Crippen LogP contribution in [0.4, 0.5) is 10.5 Å². The minimum Gasteiger partial charge on any atom is -0.493 e. The Bertz CT molecular complexity index is 925. The molecule has 0 aliphatic carbocycles. The number of methoxy groups -OCH3 is 1. The van der Waals surface area contributed by atoms with Crippen LogP contribution in [-0.2, 0) is 9.59 Å². The topological polar surface area (TPSA) is 93.1 Å². The summed E-state index contributed by atoms with van der Waals surface area (Å²) >= 11 is 0.804. The second-order valence-electron chi connectivity index (χ2n) is 5.41. The largest absolute Gasteiger partial charge is 0.493 e. The van der Waals surface area contributed by atoms with Crippen LogP contribution in [0.5, 0.6) is 11.5 Å². The molecular weight excluding hydrogens is 370 g/mol. The fraction of sp³-hybridized carbons (Fsp3) is 0.105. The summed E-state index contributed by atoms with van der Waals surface area (Å²) < 4.78 is 10.5. The van der Waals surface area contributed by atoms with E-state index in [0.717, 1.165) is 16.7 Å². The summed E-state index contributed by atoms with van der Waals surface area (Å²) in [6.45, 7) is -0.563. The number of carbonyl (C=O) groups excluding carboxylic acids is 2. The Morgan fingerprint density at radius 1 is 1.15 bits per heavy atom. The minimum atomic E-state index is -1.14. The van der Waals surface area contributed by atoms with E-state index in [2.05, 4.69) is 0 Å². The van der Waals surface area contributed by atoms with Crippen molar-refractivity contribution >= 4 is 40.6 Å². The second kappa shape index (κ2) is 7.96. The van der Waals surface area contributed by atoms with E-state index in [9.17, 15) is 14.4 Å². The van der Waals surface area contributed by atoms with Crippen molar-refractivity contribution in [2.45, 2.75) is 0 Å². The van der Waals surface area contributed by atoms with Crippen molar-refractivity contribution in [1.29, 1.82) is 0 Å². The van der Waals surface area contributed by atoms with Gasteiger partial charge in [-0.2, -0.15) is 0 Å². The third-order valence-electron chi connectivity index (χ3n) is 3.66. The Kier molecular flexibility index (Phi) is 5.46. The van der Waals surface area contributed by atoms with E-state index >= 15 is 0 Å². The van der Waals surface area contributed by atoms with Crippen molar-refractivity contribution < 1.29 is 29.0 Å². The number of rotatable bonds is 6. The molecule has 0 aromatic heterocycles. The highest BCUT2D eigenvalue weighted by Crippen LogP contribution is 2.38. The number of nitrogens with zero attached hydrogens (tertiary/aromatic N) is 1. The summed E-state index contributed by atoms with van der Waals surface area (Å²) in [6.07, 6.45) is 1.49. The first-order valence-electron chi connectivity index (χ1n) is 7.86. The van der Waals surface area contributed by atoms with Gasteiger partial charge in [0.2, 0.25) is 0 Å². The lowest BCUT2D eigenvalue weighted by atomic mass is 10.1. The molecule has 1 N–H and O–H groups in total. The van der Waals surface area contributed by atoms with Crippen molar-refractivity contribution in [3.05, 3.63) is 59.0 Å². The Labute approximate surface area is 159 Å². The number of carboxylic acids is 1. The molecule has 27 heavy (non-hydrogen) atoms. The van der Waals surface area contributed by atoms with Gasteiger partial charge < -0.3 is 14.6 Å². The summed E-state index contributed by atoms with van der Waals surface area (Å²) in [7, 11) is 1.43. The third-order valence-corrected chi connectivity index (χ3v) is 4.53. The van der Waals surface area contributed by atoms with E-state index in [0.29, 0.717) is 17.0 Å². The van der Waals surface area contributed by atoms with Crippen LogP contribution >= 0.6 is 11.8 Å². The van der Waals surface area contributed by atoms with Crippen molar-refractivity contribution in [3.63, 3.8) is 0 Å². The van der Waals surface area contributed by atoms with Crippen LogP contribution in [0.25, 0.3) is 6.08 Å². The van der Waals surface area contributed by atoms with Crippen LogP contribution in [0.15, 0.2) is 53.4 Å². The molecule has 0 atom stereocenters. The van der Waals surface area contributed by atoms with Gasteiger partial charge in [0.05, 0.1) is 17.7 Å². The molecule has 1 heterocycles. The number of para-hydroxylation sites is 2. The summed E-state index contributed by atoms with van der Waals surface area (Å²) in [5.74, 6) is -1.08. The average molecular weight is 385 g/mol. The molecule has 2 aromatic rings. The SMILES string of the molecule is COc1cccc(/C=C2\SC(=O)N(c3ccccc3)C2=O)c1OCC(=O)O. The maximum Gasteiger partial charge on any atom is 0.341 e. The van der Waals surface area contributed by atoms with Crippen LogP contribution < -0.4 is 14.4 Å². The lowest BCUT2D eigenvalue weighted by Gasteiger charge is -2.13. The number of ether oxygens (including phenoxy) is 2. The molecule has 1 fully saturated rings. The molecule has 138 valence electrons. The van der Waals surface area contributed by atoms with Gasteiger partial charge in [0, 0.05) is 5.56 Å². The maximum atomic E-state index is 12.7. The number of thioether (sulfide) groups is 1. The Balaban J connectivity index is 1.96. The van der Waals surface area contributed by atoms with Crippen LogP contribution in [0.1, 0.15) is 5.56 Å². The van der Waals surface area contributed by atoms with Gasteiger partial charge in [-0.3, -0.25) is 9.59 Å². The van der Waals surface area contributed by atoms with Gasteiger partial charge in [0.25, 0.3) is 11.1 Å². The van der Waals surface area contributed by atoms with E-state index in [1.165, 1.54) is 13.2 Å². The summed E-state index contributed by atoms with van der Waals surface area (Å²) in [5, 5.41) is 8.45. The molecule has 1 aliphatic heterocycles. The third kappa shape index (κ3) is 3.95. The molecule has 2 aromatic carbocycles. The van der Waals surface area contributed by atoms with Crippen molar-refractivity contribution in [3.8, 4) is 11.5 Å². The molecule has 0 radical (unpaired) electrons. The van der Waals surface area contributed by atoms with Crippen molar-refractivity contribution in [2.75, 3.05) is 18.6 Å². The monoisotopic (exact) mass is 385 g/mol. The Morgan fingerprint density at radius 2 is 1.89 bits per heavy atom. The quantitative estimate of drug-likeness (QED) is 0.762. The number of hydrogen-bond donors (Lipinski definition) is 1. The van der Waals surface area contributed by atoms with Crippen molar-refractivity contribution in [1.82, 2.24) is 0 Å². The van der Waals surface area contributed by atoms with Crippen LogP contribution in [0.3, 0.4) is 0 Å². The van der Waals surface area contributed by atoms with E-state index in [1.54, 1.807) is 48.5 Å². The van der Waals surface area contributed by atoms with Crippen molar-refractivity contribution in [2.24, 2.45) is 0 Å². The first kappa shape index (κ1) is 18.5. The zero-order chi connectivity index (χ0) is 19.4. The standard InChI is InChI=1S/C19H15NO6S/c1-25-14-9-5-6-12(17(14)26-11-16(21)22)10-15-18(23)20(19(24)27-15)13-7-3-2-4-8-13/h2-10H,11H2,1H3,(H,21,22)/b15-10-. The first-order valence-corrected chi connectivity index (χ1v) is 8.67. The summed E-state index contributed by atoms with van der Waals surface area (Å²) in [6, 6.07) is 13.6. The normalized spacial score (nSPS) is 15.3. The average Bonchev–Trinajstić information content (AvgIpc) is 2.94. The van der Waals surface area contributed by atoms with Gasteiger partial charge in [-0.05, 0) is 36.0 Å². The molecule has 8 heteroatoms. The van der Waals surface area contributed by atoms with Crippen LogP contribution in [0.2, 0.25) is 0 Å². The van der Waals surface area contributed by atoms with Crippen LogP contribution in [0, 0.1) is 0 Å². The molecule has 2 amide bonds. The molecule has 0 spiro atoms. The zero-order valence-electron chi connectivity index (χ0n) is 14.2. The number of carbonyl (C=O) groups is 3. The maximum absolute atomic E-state index is 12.7. The number of anilines is 1. The molecule has 1 saturated heterocycles. The summed E-state index contributed by atoms with van der Waals surface area (Å²) in [5.41, 5.74) is 0.922. The van der Waals surface area contributed by atoms with Gasteiger partial charge in [-0.1, -0.05) is 30.3 Å². The molecule has 3 rings (SSSR count). The molecule has 1 aliphatic rings. The number of carboxylic acid groups (broad SMARTS) is 1. The first-order chi connectivity index (χ1) is 13.0. The summed E-state index contributed by atoms with van der Waals surface area (Å²) in [4.78, 5) is 37.1. The van der Waals surface area contributed by atoms with Gasteiger partial charge in [-0.25, -0.2) is 9.69 Å². The number of amides is 2. The van der Waals surface area contributed by atoms with Gasteiger partial charge in [-0.15, -0.1) is 0 Å². The zero-order valence-corrected chi connectivity index (χ0v) is 15.1. The lowest BCUT2D eigenvalue weighted by Crippen LogP contribution is -2.27. The number of imide groups is 1. The molecular formula is C19H15NO6S. The Hall–Kier alpha value is -3.26. The second-order valence-corrected chi connectivity index (χ2v) is 6.41. The number of aliphatic carboxylic acids is 1. The molecule has 7 nitrogen and oxygen atoms in total. The fourth-order valence-electron chi connectivity index (χ4n) is 2.50. The van der Waals surface area contributed by atoms with Crippen LogP contribution in [-0.4, -0.2) is 35.9 Å². The number of hydrogen-bond acceptors (Lipinski definition) is 6. The van der Waals surface area contributed by atoms with Gasteiger partial charge in [0.1, 0.15) is 0 Å². The molecule has 0 bridgehead atoms. The van der Waals surface area contributed by atoms with Gasteiger partial charge >= 0.3 is 5.97 Å². The Morgan fingerprint density at radius 3 is 2.56 bits per heavy atom. The predicted octanol–water partition coefficient (Wildman–Crippen LogP) is 3.40. The molecule has 0 unspecified atom stereocenters. The van der Waals surface area contributed by atoms with E-state index in [1.807, 2.05) is 0 Å². The van der Waals surface area contributed by atoms with Gasteiger partial charge in [0.15, 0.2) is 18.1 Å². The highest BCUT2D eigenvalue weighted by Gasteiger charge is 2.36. The minimum absolute atomic E-state index is 0.189. The van der Waals surface area contributed by atoms with E-state index < -0.39 is 23.7 Å². The number of benzene rings is 2. The van der Waals surface area contributed by atoms with E-state index in [4.69, 9.17) is 14.6 Å². The predicted molar refractivity (Wildman–Crippen MR) is 101 cm³/mol. The highest BCUT2D eigenvalue weighted by atomic mass is 32.2. The van der Waals surface area contributed by atoms with E-state index in [-0.39, 0.29) is 10.7 Å². The molecule has 0 saturated carbocycles.